The van der Waals surface area contributed by atoms with Gasteiger partial charge in [0.1, 0.15) is 0 Å². The van der Waals surface area contributed by atoms with Gasteiger partial charge in [0.15, 0.2) is 0 Å². The smallest absolute Gasteiger partial charge is 0.0973 e. The van der Waals surface area contributed by atoms with E-state index in [0.717, 1.165) is 44.9 Å². The molecule has 13 aromatic carbocycles. The summed E-state index contributed by atoms with van der Waals surface area (Å²) >= 11 is 0. The third-order valence-corrected chi connectivity index (χ3v) is 19.9. The first-order chi connectivity index (χ1) is 44.1. The van der Waals surface area contributed by atoms with Crippen molar-refractivity contribution in [2.75, 3.05) is 0 Å². The minimum absolute atomic E-state index is 0.321. The molecular weight excluding hydrogens is 1090 g/mol. The Balaban J connectivity index is 0.721. The number of nitrogens with zero attached hydrogens (tertiary/aromatic N) is 4. The molecule has 0 radical (unpaired) electrons. The lowest BCUT2D eigenvalue weighted by Crippen LogP contribution is -2.16. The summed E-state index contributed by atoms with van der Waals surface area (Å²) in [4.78, 5) is 11.1. The zero-order valence-electron chi connectivity index (χ0n) is 50.5. The van der Waals surface area contributed by atoms with E-state index in [-0.39, 0.29) is 10.8 Å². The van der Waals surface area contributed by atoms with Gasteiger partial charge in [0, 0.05) is 54.9 Å². The van der Waals surface area contributed by atoms with Crippen LogP contribution in [-0.4, -0.2) is 19.1 Å². The molecule has 4 heteroatoms. The van der Waals surface area contributed by atoms with Crippen LogP contribution in [0.5, 0.6) is 0 Å². The highest BCUT2D eigenvalue weighted by Crippen LogP contribution is 2.54. The molecule has 424 valence electrons. The topological polar surface area (TPSA) is 35.6 Å². The zero-order chi connectivity index (χ0) is 60.0. The second kappa shape index (κ2) is 19.7. The monoisotopic (exact) mass is 1150 g/mol. The molecule has 4 nitrogen and oxygen atoms in total. The lowest BCUT2D eigenvalue weighted by Gasteiger charge is -2.24. The van der Waals surface area contributed by atoms with Crippen molar-refractivity contribution in [3.05, 3.63) is 313 Å². The van der Waals surface area contributed by atoms with Crippen molar-refractivity contribution in [3.63, 3.8) is 0 Å². The fourth-order valence-corrected chi connectivity index (χ4v) is 15.3. The largest absolute Gasteiger partial charge is 0.309 e. The van der Waals surface area contributed by atoms with Crippen molar-refractivity contribution in [2.24, 2.45) is 0 Å². The Morgan fingerprint density at radius 3 is 0.811 bits per heavy atom. The van der Waals surface area contributed by atoms with E-state index in [1.807, 2.05) is 0 Å². The van der Waals surface area contributed by atoms with E-state index in [9.17, 15) is 0 Å². The summed E-state index contributed by atoms with van der Waals surface area (Å²) in [5, 5.41) is 4.95. The van der Waals surface area contributed by atoms with Crippen LogP contribution in [0, 0.1) is 0 Å². The van der Waals surface area contributed by atoms with Gasteiger partial charge >= 0.3 is 0 Å². The van der Waals surface area contributed by atoms with Gasteiger partial charge in [-0.15, -0.1) is 0 Å². The quantitative estimate of drug-likeness (QED) is 0.152. The van der Waals surface area contributed by atoms with Gasteiger partial charge in [-0.3, -0.25) is 0 Å². The fraction of sp³-hybridized carbons (Fsp3) is 0.0698. The molecule has 0 fully saturated rings. The Morgan fingerprint density at radius 1 is 0.233 bits per heavy atom. The molecule has 0 saturated heterocycles. The summed E-state index contributed by atoms with van der Waals surface area (Å²) in [7, 11) is 0. The number of rotatable bonds is 8. The maximum atomic E-state index is 5.54. The molecular formula is C86H60N4. The fourth-order valence-electron chi connectivity index (χ4n) is 15.3. The lowest BCUT2D eigenvalue weighted by molar-refractivity contribution is 0.660. The Hall–Kier alpha value is -11.2. The SMILES string of the molecule is CC1(C)c2cc(-c3nc4ccccc4nc3-c3ccc4c(c3)C(C)(C)c3cc(-n5c6ccc(-c7ccccc7)cc6c6cc(-c7ccccc7)ccc65)ccc3-4)ccc2-c2ccc(-n3c4ccc(-c5ccccc5)cc4c4cc(-c5ccccc5)ccc43)cc21. The van der Waals surface area contributed by atoms with E-state index in [1.54, 1.807) is 0 Å². The number of hydrogen-bond donors (Lipinski definition) is 0. The Kier molecular flexibility index (Phi) is 11.3. The van der Waals surface area contributed by atoms with Gasteiger partial charge in [0.2, 0.25) is 0 Å². The van der Waals surface area contributed by atoms with Gasteiger partial charge in [0.25, 0.3) is 0 Å². The van der Waals surface area contributed by atoms with Crippen LogP contribution >= 0.6 is 0 Å². The van der Waals surface area contributed by atoms with Gasteiger partial charge in [-0.1, -0.05) is 222 Å². The van der Waals surface area contributed by atoms with Crippen molar-refractivity contribution >= 4 is 54.6 Å². The van der Waals surface area contributed by atoms with Crippen LogP contribution in [0.2, 0.25) is 0 Å². The summed E-state index contributed by atoms with van der Waals surface area (Å²) in [6.45, 7) is 9.55. The van der Waals surface area contributed by atoms with Crippen molar-refractivity contribution in [1.82, 2.24) is 19.1 Å². The van der Waals surface area contributed by atoms with Crippen LogP contribution < -0.4 is 0 Å². The lowest BCUT2D eigenvalue weighted by atomic mass is 9.81. The molecule has 2 aliphatic carbocycles. The molecule has 3 heterocycles. The summed E-state index contributed by atoms with van der Waals surface area (Å²) in [5.41, 5.74) is 32.0. The van der Waals surface area contributed by atoms with Gasteiger partial charge < -0.3 is 9.13 Å². The first-order valence-corrected chi connectivity index (χ1v) is 31.4. The first-order valence-electron chi connectivity index (χ1n) is 31.4. The highest BCUT2D eigenvalue weighted by molar-refractivity contribution is 6.13. The van der Waals surface area contributed by atoms with Crippen LogP contribution in [0.15, 0.2) is 291 Å². The van der Waals surface area contributed by atoms with Gasteiger partial charge in [-0.2, -0.15) is 0 Å². The van der Waals surface area contributed by atoms with E-state index < -0.39 is 0 Å². The predicted octanol–water partition coefficient (Wildman–Crippen LogP) is 22.4. The maximum Gasteiger partial charge on any atom is 0.0973 e. The Morgan fingerprint density at radius 2 is 0.500 bits per heavy atom. The van der Waals surface area contributed by atoms with Crippen molar-refractivity contribution in [2.45, 2.75) is 38.5 Å². The van der Waals surface area contributed by atoms with Crippen LogP contribution in [0.1, 0.15) is 49.9 Å². The molecule has 0 amide bonds. The molecule has 16 aromatic rings. The number of hydrogen-bond acceptors (Lipinski definition) is 2. The molecule has 0 aliphatic heterocycles. The molecule has 0 spiro atoms. The van der Waals surface area contributed by atoms with Crippen LogP contribution in [0.25, 0.3) is 155 Å². The van der Waals surface area contributed by atoms with Gasteiger partial charge in [0.05, 0.1) is 44.5 Å². The zero-order valence-corrected chi connectivity index (χ0v) is 50.5. The number of benzene rings is 13. The average Bonchev–Trinajstić information content (AvgIpc) is 1.65. The molecule has 0 N–H and O–H groups in total. The molecule has 3 aromatic heterocycles. The molecule has 0 saturated carbocycles. The van der Waals surface area contributed by atoms with Gasteiger partial charge in [-0.05, 0) is 186 Å². The molecule has 18 rings (SSSR count). The molecule has 2 aliphatic rings. The maximum absolute atomic E-state index is 5.54. The number of fused-ring (bicyclic) bond motifs is 13. The second-order valence-electron chi connectivity index (χ2n) is 25.7. The molecule has 0 bridgehead atoms. The van der Waals surface area contributed by atoms with E-state index in [2.05, 4.69) is 328 Å². The molecule has 90 heavy (non-hydrogen) atoms. The minimum atomic E-state index is -0.321. The first kappa shape index (κ1) is 52.0. The van der Waals surface area contributed by atoms with E-state index in [0.29, 0.717) is 0 Å². The van der Waals surface area contributed by atoms with Crippen molar-refractivity contribution < 1.29 is 0 Å². The van der Waals surface area contributed by atoms with Gasteiger partial charge in [-0.25, -0.2) is 9.97 Å². The molecule has 0 atom stereocenters. The van der Waals surface area contributed by atoms with Crippen molar-refractivity contribution in [3.8, 4) is 101 Å². The summed E-state index contributed by atoms with van der Waals surface area (Å²) in [6.07, 6.45) is 0. The van der Waals surface area contributed by atoms with Crippen LogP contribution in [0.4, 0.5) is 0 Å². The van der Waals surface area contributed by atoms with Crippen LogP contribution in [0.3, 0.4) is 0 Å². The normalized spacial score (nSPS) is 13.5. The summed E-state index contributed by atoms with van der Waals surface area (Å²) in [5.74, 6) is 0. The van der Waals surface area contributed by atoms with Crippen molar-refractivity contribution in [1.29, 1.82) is 0 Å². The third kappa shape index (κ3) is 7.94. The second-order valence-corrected chi connectivity index (χ2v) is 25.7. The minimum Gasteiger partial charge on any atom is -0.309 e. The number of aromatic nitrogens is 4. The third-order valence-electron chi connectivity index (χ3n) is 19.9. The van der Waals surface area contributed by atoms with E-state index >= 15 is 0 Å². The highest BCUT2D eigenvalue weighted by Gasteiger charge is 2.39. The van der Waals surface area contributed by atoms with E-state index in [4.69, 9.17) is 9.97 Å². The average molecular weight is 1150 g/mol. The predicted molar refractivity (Wildman–Crippen MR) is 376 cm³/mol. The summed E-state index contributed by atoms with van der Waals surface area (Å²) < 4.78 is 4.94. The number of para-hydroxylation sites is 2. The molecule has 0 unspecified atom stereocenters. The standard InChI is InChI=1S/C86H60N4/c1-85(2)73-49-61(29-37-65(73)67-39-35-63(51-75(67)85)89-79-41-31-57(53-19-9-5-10-20-53)45-69(79)70-46-58(32-42-80(70)89)54-21-11-6-12-22-54)83-84(88-78-28-18-17-27-77(78)87-83)62-30-38-66-68-40-36-64(52-76(68)86(3,4)74(66)50-62)90-81-43-33-59(55-23-13-7-14-24-55)47-71(81)72-48-60(34-44-82(72)90)56-25-15-8-16-26-56/h5-52H,1-4H3. The summed E-state index contributed by atoms with van der Waals surface area (Å²) in [6, 6.07) is 107. The van der Waals surface area contributed by atoms with Crippen LogP contribution in [-0.2, 0) is 10.8 Å². The highest BCUT2D eigenvalue weighted by atomic mass is 15.0. The Bertz CT molecular complexity index is 5090. The van der Waals surface area contributed by atoms with E-state index in [1.165, 1.54) is 133 Å². The Labute approximate surface area is 523 Å².